The minimum atomic E-state index is -0.868. The third-order valence-corrected chi connectivity index (χ3v) is 2.59. The highest BCUT2D eigenvalue weighted by Gasteiger charge is 2.12. The van der Waals surface area contributed by atoms with Crippen LogP contribution in [0.25, 0.3) is 0 Å². The highest BCUT2D eigenvalue weighted by atomic mass is 16.6. The molecule has 0 bridgehead atoms. The second-order valence-corrected chi connectivity index (χ2v) is 4.01. The second kappa shape index (κ2) is 6.98. The van der Waals surface area contributed by atoms with Crippen molar-refractivity contribution in [1.29, 1.82) is 0 Å². The molecule has 94 valence electrons. The number of aliphatic hydroxyl groups is 1. The predicted octanol–water partition coefficient (Wildman–Crippen LogP) is 0.976. The number of hydrogen-bond acceptors (Lipinski definition) is 4. The summed E-state index contributed by atoms with van der Waals surface area (Å²) in [6, 6.07) is 7.91. The first-order valence-electron chi connectivity index (χ1n) is 5.64. The van der Waals surface area contributed by atoms with Crippen molar-refractivity contribution in [3.63, 3.8) is 0 Å². The van der Waals surface area contributed by atoms with Crippen molar-refractivity contribution >= 4 is 0 Å². The van der Waals surface area contributed by atoms with Crippen LogP contribution in [0.4, 0.5) is 0 Å². The molecule has 5 heteroatoms. The lowest BCUT2D eigenvalue weighted by molar-refractivity contribution is -0.490. The number of aryl methyl sites for hydroxylation is 1. The lowest BCUT2D eigenvalue weighted by Crippen LogP contribution is -2.20. The van der Waals surface area contributed by atoms with Crippen LogP contribution in [0.1, 0.15) is 17.5 Å². The van der Waals surface area contributed by atoms with Crippen molar-refractivity contribution < 1.29 is 10.0 Å². The Labute approximate surface area is 101 Å². The van der Waals surface area contributed by atoms with Gasteiger partial charge in [0.15, 0.2) is 0 Å². The number of benzene rings is 1. The fourth-order valence-electron chi connectivity index (χ4n) is 1.75. The maximum absolute atomic E-state index is 10.2. The molecule has 0 unspecified atom stereocenters. The first kappa shape index (κ1) is 13.6. The molecule has 0 fully saturated rings. The summed E-state index contributed by atoms with van der Waals surface area (Å²) < 4.78 is 0. The van der Waals surface area contributed by atoms with Crippen molar-refractivity contribution in [2.75, 3.05) is 13.6 Å². The summed E-state index contributed by atoms with van der Waals surface area (Å²) in [4.78, 5) is 9.74. The fourth-order valence-corrected chi connectivity index (χ4v) is 1.75. The van der Waals surface area contributed by atoms with E-state index in [0.29, 0.717) is 12.8 Å². The van der Waals surface area contributed by atoms with Gasteiger partial charge in [-0.3, -0.25) is 10.1 Å². The number of nitrogens with one attached hydrogen (secondary N) is 1. The molecular weight excluding hydrogens is 220 g/mol. The molecule has 0 heterocycles. The van der Waals surface area contributed by atoms with Crippen LogP contribution in [0, 0.1) is 10.1 Å². The number of nitro groups is 1. The van der Waals surface area contributed by atoms with Gasteiger partial charge in [-0.15, -0.1) is 0 Å². The summed E-state index contributed by atoms with van der Waals surface area (Å²) in [5.41, 5.74) is 2.30. The summed E-state index contributed by atoms with van der Waals surface area (Å²) >= 11 is 0. The maximum atomic E-state index is 10.2. The largest absolute Gasteiger partial charge is 0.386 e. The Morgan fingerprint density at radius 3 is 2.65 bits per heavy atom. The molecule has 0 saturated heterocycles. The van der Waals surface area contributed by atoms with E-state index in [2.05, 4.69) is 5.32 Å². The summed E-state index contributed by atoms with van der Waals surface area (Å²) in [7, 11) is 1.87. The summed E-state index contributed by atoms with van der Waals surface area (Å²) in [5, 5.41) is 22.7. The van der Waals surface area contributed by atoms with Gasteiger partial charge in [0.05, 0.1) is 0 Å². The van der Waals surface area contributed by atoms with Crippen molar-refractivity contribution in [2.45, 2.75) is 25.5 Å². The zero-order valence-corrected chi connectivity index (χ0v) is 9.93. The van der Waals surface area contributed by atoms with E-state index in [1.165, 1.54) is 5.56 Å². The number of rotatable bonds is 7. The molecule has 2 N–H and O–H groups in total. The normalized spacial score (nSPS) is 12.4. The van der Waals surface area contributed by atoms with Crippen molar-refractivity contribution in [3.8, 4) is 0 Å². The molecule has 1 aromatic carbocycles. The molecule has 0 aliphatic rings. The number of aliphatic hydroxyl groups excluding tert-OH is 1. The van der Waals surface area contributed by atoms with Crippen LogP contribution < -0.4 is 5.32 Å². The molecule has 1 atom stereocenters. The van der Waals surface area contributed by atoms with E-state index in [9.17, 15) is 15.2 Å². The van der Waals surface area contributed by atoms with Crippen LogP contribution >= 0.6 is 0 Å². The van der Waals surface area contributed by atoms with Crippen LogP contribution in [0.5, 0.6) is 0 Å². The molecule has 5 nitrogen and oxygen atoms in total. The minimum Gasteiger partial charge on any atom is -0.386 e. The number of hydrogen-bond donors (Lipinski definition) is 2. The zero-order chi connectivity index (χ0) is 12.7. The fraction of sp³-hybridized carbons (Fsp3) is 0.500. The second-order valence-electron chi connectivity index (χ2n) is 4.01. The quantitative estimate of drug-likeness (QED) is 0.548. The van der Waals surface area contributed by atoms with Crippen molar-refractivity contribution in [2.24, 2.45) is 0 Å². The van der Waals surface area contributed by atoms with Gasteiger partial charge in [0.1, 0.15) is 6.10 Å². The van der Waals surface area contributed by atoms with Gasteiger partial charge in [0.25, 0.3) is 0 Å². The topological polar surface area (TPSA) is 75.4 Å². The Morgan fingerprint density at radius 1 is 1.41 bits per heavy atom. The van der Waals surface area contributed by atoms with Gasteiger partial charge in [0, 0.05) is 11.5 Å². The molecule has 1 rings (SSSR count). The summed E-state index contributed by atoms with van der Waals surface area (Å²) in [6.07, 6.45) is 0.210. The predicted molar refractivity (Wildman–Crippen MR) is 65.4 cm³/mol. The van der Waals surface area contributed by atoms with E-state index in [1.54, 1.807) is 0 Å². The Balaban J connectivity index is 2.53. The molecule has 0 aromatic heterocycles. The molecule has 0 aliphatic carbocycles. The van der Waals surface area contributed by atoms with E-state index < -0.39 is 11.0 Å². The highest BCUT2D eigenvalue weighted by Crippen LogP contribution is 2.12. The van der Waals surface area contributed by atoms with Gasteiger partial charge in [0.2, 0.25) is 6.54 Å². The van der Waals surface area contributed by atoms with Crippen molar-refractivity contribution in [3.05, 3.63) is 45.5 Å². The third kappa shape index (κ3) is 4.93. The van der Waals surface area contributed by atoms with E-state index in [-0.39, 0.29) is 6.54 Å². The van der Waals surface area contributed by atoms with Crippen LogP contribution in [-0.2, 0) is 13.0 Å². The standard InChI is InChI=1S/C12H18N2O3/c1-13-8-11-5-3-2-4-10(11)6-7-12(15)9-14(16)17/h2-5,12-13,15H,6-9H2,1H3/t12-/m1/s1. The van der Waals surface area contributed by atoms with Gasteiger partial charge in [-0.2, -0.15) is 0 Å². The average Bonchev–Trinajstić information content (AvgIpc) is 2.27. The first-order valence-corrected chi connectivity index (χ1v) is 5.64. The average molecular weight is 238 g/mol. The van der Waals surface area contributed by atoms with Gasteiger partial charge < -0.3 is 10.4 Å². The molecule has 0 aliphatic heterocycles. The molecule has 0 amide bonds. The first-order chi connectivity index (χ1) is 8.13. The molecular formula is C12H18N2O3. The smallest absolute Gasteiger partial charge is 0.229 e. The highest BCUT2D eigenvalue weighted by molar-refractivity contribution is 5.27. The summed E-state index contributed by atoms with van der Waals surface area (Å²) in [5.74, 6) is 0. The van der Waals surface area contributed by atoms with E-state index >= 15 is 0 Å². The minimum absolute atomic E-state index is 0.381. The van der Waals surface area contributed by atoms with Crippen molar-refractivity contribution in [1.82, 2.24) is 5.32 Å². The molecule has 1 aromatic rings. The summed E-state index contributed by atoms with van der Waals surface area (Å²) in [6.45, 7) is 0.385. The van der Waals surface area contributed by atoms with Gasteiger partial charge in [-0.05, 0) is 31.0 Å². The van der Waals surface area contributed by atoms with E-state index in [4.69, 9.17) is 0 Å². The monoisotopic (exact) mass is 238 g/mol. The molecule has 0 spiro atoms. The number of nitrogens with zero attached hydrogens (tertiary/aromatic N) is 1. The SMILES string of the molecule is CNCc1ccccc1CC[C@@H](O)C[N+](=O)[O-]. The van der Waals surface area contributed by atoms with Crippen LogP contribution in [-0.4, -0.2) is 29.7 Å². The Morgan fingerprint density at radius 2 is 2.06 bits per heavy atom. The van der Waals surface area contributed by atoms with Crippen LogP contribution in [0.2, 0.25) is 0 Å². The third-order valence-electron chi connectivity index (χ3n) is 2.59. The molecule has 0 saturated carbocycles. The van der Waals surface area contributed by atoms with E-state index in [0.717, 1.165) is 12.1 Å². The van der Waals surface area contributed by atoms with Gasteiger partial charge in [-0.25, -0.2) is 0 Å². The Bertz CT molecular complexity index is 369. The van der Waals surface area contributed by atoms with E-state index in [1.807, 2.05) is 31.3 Å². The Kier molecular flexibility index (Phi) is 5.59. The molecule has 0 radical (unpaired) electrons. The zero-order valence-electron chi connectivity index (χ0n) is 9.93. The molecule has 17 heavy (non-hydrogen) atoms. The van der Waals surface area contributed by atoms with Gasteiger partial charge >= 0.3 is 0 Å². The van der Waals surface area contributed by atoms with Crippen LogP contribution in [0.15, 0.2) is 24.3 Å². The lowest BCUT2D eigenvalue weighted by Gasteiger charge is -2.10. The lowest BCUT2D eigenvalue weighted by atomic mass is 10.0. The van der Waals surface area contributed by atoms with Gasteiger partial charge in [-0.1, -0.05) is 24.3 Å². The maximum Gasteiger partial charge on any atom is 0.229 e. The Hall–Kier alpha value is -1.46. The van der Waals surface area contributed by atoms with Crippen LogP contribution in [0.3, 0.4) is 0 Å².